The van der Waals surface area contributed by atoms with Gasteiger partial charge in [-0.05, 0) is 13.8 Å². The molecule has 0 unspecified atom stereocenters. The second-order valence-electron chi connectivity index (χ2n) is 3.82. The second-order valence-corrected chi connectivity index (χ2v) is 3.82. The number of aryl methyl sites for hydroxylation is 1. The fraction of sp³-hybridized carbons (Fsp3) is 0.667. The Morgan fingerprint density at radius 2 is 2.06 bits per heavy atom. The van der Waals surface area contributed by atoms with Gasteiger partial charge < -0.3 is 10.2 Å². The van der Waals surface area contributed by atoms with Gasteiger partial charge >= 0.3 is 0 Å². The molecule has 2 rings (SSSR count). The fourth-order valence-electron chi connectivity index (χ4n) is 1.69. The number of piperazine rings is 1. The Balaban J connectivity index is 0.000000606. The first kappa shape index (κ1) is 12.9. The lowest BCUT2D eigenvalue weighted by Crippen LogP contribution is -2.49. The summed E-state index contributed by atoms with van der Waals surface area (Å²) >= 11 is 0. The average molecular weight is 222 g/mol. The zero-order chi connectivity index (χ0) is 12.0. The van der Waals surface area contributed by atoms with Crippen LogP contribution < -0.4 is 10.2 Å². The van der Waals surface area contributed by atoms with E-state index < -0.39 is 0 Å². The molecule has 90 valence electrons. The summed E-state index contributed by atoms with van der Waals surface area (Å²) in [6, 6.07) is 0.534. The third-order valence-corrected chi connectivity index (χ3v) is 2.46. The van der Waals surface area contributed by atoms with Crippen LogP contribution in [0, 0.1) is 6.92 Å². The first-order chi connectivity index (χ1) is 7.75. The van der Waals surface area contributed by atoms with Crippen molar-refractivity contribution in [1.29, 1.82) is 0 Å². The summed E-state index contributed by atoms with van der Waals surface area (Å²) in [5, 5.41) is 3.40. The molecular weight excluding hydrogens is 200 g/mol. The molecule has 0 saturated carbocycles. The third-order valence-electron chi connectivity index (χ3n) is 2.46. The minimum absolute atomic E-state index is 0.534. The van der Waals surface area contributed by atoms with Gasteiger partial charge in [0.05, 0.1) is 18.1 Å². The summed E-state index contributed by atoms with van der Waals surface area (Å²) in [6.45, 7) is 11.2. The van der Waals surface area contributed by atoms with Crippen molar-refractivity contribution in [2.24, 2.45) is 0 Å². The Hall–Kier alpha value is -1.16. The molecule has 1 aromatic rings. The molecule has 16 heavy (non-hydrogen) atoms. The lowest BCUT2D eigenvalue weighted by Gasteiger charge is -2.32. The van der Waals surface area contributed by atoms with Crippen molar-refractivity contribution >= 4 is 5.82 Å². The topological polar surface area (TPSA) is 41.1 Å². The van der Waals surface area contributed by atoms with Gasteiger partial charge in [0.25, 0.3) is 0 Å². The van der Waals surface area contributed by atoms with Crippen LogP contribution in [0.4, 0.5) is 5.82 Å². The zero-order valence-electron chi connectivity index (χ0n) is 10.7. The SMILES string of the molecule is CC.Cc1cnc(N2CCN[C@H](C)C2)cn1. The first-order valence-corrected chi connectivity index (χ1v) is 6.02. The van der Waals surface area contributed by atoms with Crippen molar-refractivity contribution in [3.8, 4) is 0 Å². The fourth-order valence-corrected chi connectivity index (χ4v) is 1.69. The maximum Gasteiger partial charge on any atom is 0.147 e. The maximum atomic E-state index is 4.37. The van der Waals surface area contributed by atoms with E-state index >= 15 is 0 Å². The Kier molecular flexibility index (Phi) is 5.19. The van der Waals surface area contributed by atoms with Gasteiger partial charge in [-0.1, -0.05) is 13.8 Å². The van der Waals surface area contributed by atoms with Crippen LogP contribution in [0.25, 0.3) is 0 Å². The van der Waals surface area contributed by atoms with Crippen molar-refractivity contribution in [3.63, 3.8) is 0 Å². The molecule has 0 radical (unpaired) electrons. The van der Waals surface area contributed by atoms with E-state index in [0.717, 1.165) is 31.1 Å². The standard InChI is InChI=1S/C10H16N4.C2H6/c1-8-5-13-10(6-12-8)14-4-3-11-9(2)7-14;1-2/h5-6,9,11H,3-4,7H2,1-2H3;1-2H3/t9-;/m1./s1. The highest BCUT2D eigenvalue weighted by Gasteiger charge is 2.16. The molecule has 1 aliphatic heterocycles. The molecule has 1 fully saturated rings. The minimum atomic E-state index is 0.534. The summed E-state index contributed by atoms with van der Waals surface area (Å²) in [6.07, 6.45) is 3.68. The van der Waals surface area contributed by atoms with Crippen LogP contribution in [0.5, 0.6) is 0 Å². The highest BCUT2D eigenvalue weighted by molar-refractivity contribution is 5.36. The molecule has 1 N–H and O–H groups in total. The number of aromatic nitrogens is 2. The van der Waals surface area contributed by atoms with E-state index in [0.29, 0.717) is 6.04 Å². The van der Waals surface area contributed by atoms with E-state index in [2.05, 4.69) is 27.1 Å². The largest absolute Gasteiger partial charge is 0.353 e. The number of hydrogen-bond donors (Lipinski definition) is 1. The highest BCUT2D eigenvalue weighted by atomic mass is 15.2. The molecule has 0 spiro atoms. The minimum Gasteiger partial charge on any atom is -0.353 e. The van der Waals surface area contributed by atoms with Crippen molar-refractivity contribution in [3.05, 3.63) is 18.1 Å². The van der Waals surface area contributed by atoms with Gasteiger partial charge in [-0.25, -0.2) is 4.98 Å². The van der Waals surface area contributed by atoms with Gasteiger partial charge in [-0.3, -0.25) is 4.98 Å². The van der Waals surface area contributed by atoms with Crippen LogP contribution in [-0.2, 0) is 0 Å². The lowest BCUT2D eigenvalue weighted by atomic mass is 10.2. The number of anilines is 1. The molecule has 0 aliphatic carbocycles. The van der Waals surface area contributed by atoms with Crippen LogP contribution in [-0.4, -0.2) is 35.6 Å². The summed E-state index contributed by atoms with van der Waals surface area (Å²) in [5.74, 6) is 0.990. The summed E-state index contributed by atoms with van der Waals surface area (Å²) < 4.78 is 0. The molecule has 4 nitrogen and oxygen atoms in total. The van der Waals surface area contributed by atoms with Gasteiger partial charge in [0.2, 0.25) is 0 Å². The summed E-state index contributed by atoms with van der Waals surface area (Å²) in [4.78, 5) is 10.9. The average Bonchev–Trinajstić information content (AvgIpc) is 2.32. The lowest BCUT2D eigenvalue weighted by molar-refractivity contribution is 0.482. The zero-order valence-corrected chi connectivity index (χ0v) is 10.7. The molecule has 1 aromatic heterocycles. The Morgan fingerprint density at radius 1 is 1.31 bits per heavy atom. The van der Waals surface area contributed by atoms with Gasteiger partial charge in [0.1, 0.15) is 5.82 Å². The Bertz CT molecular complexity index is 296. The van der Waals surface area contributed by atoms with Gasteiger partial charge in [0, 0.05) is 25.7 Å². The predicted molar refractivity (Wildman–Crippen MR) is 67.8 cm³/mol. The number of rotatable bonds is 1. The van der Waals surface area contributed by atoms with E-state index in [1.807, 2.05) is 33.2 Å². The van der Waals surface area contributed by atoms with E-state index in [9.17, 15) is 0 Å². The molecule has 4 heteroatoms. The summed E-state index contributed by atoms with van der Waals surface area (Å²) in [5.41, 5.74) is 0.969. The van der Waals surface area contributed by atoms with Crippen molar-refractivity contribution in [2.75, 3.05) is 24.5 Å². The van der Waals surface area contributed by atoms with Crippen LogP contribution >= 0.6 is 0 Å². The summed E-state index contributed by atoms with van der Waals surface area (Å²) in [7, 11) is 0. The number of hydrogen-bond acceptors (Lipinski definition) is 4. The smallest absolute Gasteiger partial charge is 0.147 e. The van der Waals surface area contributed by atoms with Crippen molar-refractivity contribution < 1.29 is 0 Å². The van der Waals surface area contributed by atoms with E-state index in [1.54, 1.807) is 0 Å². The van der Waals surface area contributed by atoms with Crippen molar-refractivity contribution in [1.82, 2.24) is 15.3 Å². The monoisotopic (exact) mass is 222 g/mol. The molecule has 1 atom stereocenters. The third kappa shape index (κ3) is 3.45. The van der Waals surface area contributed by atoms with Gasteiger partial charge in [0.15, 0.2) is 0 Å². The molecular formula is C12H22N4. The Labute approximate surface area is 98.1 Å². The molecule has 0 amide bonds. The molecule has 0 aromatic carbocycles. The maximum absolute atomic E-state index is 4.37. The van der Waals surface area contributed by atoms with Gasteiger partial charge in [-0.15, -0.1) is 0 Å². The first-order valence-electron chi connectivity index (χ1n) is 6.02. The van der Waals surface area contributed by atoms with Crippen LogP contribution in [0.15, 0.2) is 12.4 Å². The normalized spacial score (nSPS) is 20.0. The van der Waals surface area contributed by atoms with E-state index in [1.165, 1.54) is 0 Å². The van der Waals surface area contributed by atoms with Crippen LogP contribution in [0.3, 0.4) is 0 Å². The molecule has 2 heterocycles. The quantitative estimate of drug-likeness (QED) is 0.784. The molecule has 1 saturated heterocycles. The van der Waals surface area contributed by atoms with Crippen LogP contribution in [0.1, 0.15) is 26.5 Å². The predicted octanol–water partition coefficient (Wildman–Crippen LogP) is 1.61. The van der Waals surface area contributed by atoms with E-state index in [4.69, 9.17) is 0 Å². The molecule has 0 bridgehead atoms. The highest BCUT2D eigenvalue weighted by Crippen LogP contribution is 2.10. The Morgan fingerprint density at radius 3 is 2.62 bits per heavy atom. The van der Waals surface area contributed by atoms with Crippen molar-refractivity contribution in [2.45, 2.75) is 33.7 Å². The number of nitrogens with zero attached hydrogens (tertiary/aromatic N) is 3. The second kappa shape index (κ2) is 6.43. The van der Waals surface area contributed by atoms with E-state index in [-0.39, 0.29) is 0 Å². The number of nitrogens with one attached hydrogen (secondary N) is 1. The van der Waals surface area contributed by atoms with Gasteiger partial charge in [-0.2, -0.15) is 0 Å². The van der Waals surface area contributed by atoms with Crippen LogP contribution in [0.2, 0.25) is 0 Å². The molecule has 1 aliphatic rings.